The van der Waals surface area contributed by atoms with Gasteiger partial charge in [-0.3, -0.25) is 4.79 Å². The van der Waals surface area contributed by atoms with Gasteiger partial charge in [0, 0.05) is 20.3 Å². The van der Waals surface area contributed by atoms with Crippen LogP contribution in [0.5, 0.6) is 0 Å². The smallest absolute Gasteiger partial charge is 0.238 e. The number of halogens is 1. The molecule has 0 N–H and O–H groups in total. The molecule has 122 valence electrons. The van der Waals surface area contributed by atoms with Gasteiger partial charge in [0.25, 0.3) is 0 Å². The van der Waals surface area contributed by atoms with Crippen molar-refractivity contribution in [1.82, 2.24) is 4.90 Å². The summed E-state index contributed by atoms with van der Waals surface area (Å²) in [6.45, 7) is 3.89. The number of amides is 1. The van der Waals surface area contributed by atoms with Crippen LogP contribution in [0, 0.1) is 0 Å². The summed E-state index contributed by atoms with van der Waals surface area (Å²) < 4.78 is 11.0. The number of methoxy groups -OCH3 is 1. The van der Waals surface area contributed by atoms with E-state index in [0.717, 1.165) is 30.6 Å². The van der Waals surface area contributed by atoms with Crippen molar-refractivity contribution in [2.45, 2.75) is 45.1 Å². The third-order valence-corrected chi connectivity index (χ3v) is 4.42. The Hall–Kier alpha value is -1.10. The molecule has 1 saturated heterocycles. The summed E-state index contributed by atoms with van der Waals surface area (Å²) in [6, 6.07) is 8.04. The van der Waals surface area contributed by atoms with Gasteiger partial charge in [0.2, 0.25) is 5.91 Å². The van der Waals surface area contributed by atoms with E-state index in [1.165, 1.54) is 0 Å². The van der Waals surface area contributed by atoms with Crippen molar-refractivity contribution in [3.8, 4) is 0 Å². The van der Waals surface area contributed by atoms with Crippen molar-refractivity contribution < 1.29 is 14.3 Å². The summed E-state index contributed by atoms with van der Waals surface area (Å²) in [4.78, 5) is 14.1. The number of alkyl halides is 1. The van der Waals surface area contributed by atoms with Crippen molar-refractivity contribution >= 4 is 17.5 Å². The van der Waals surface area contributed by atoms with Crippen LogP contribution in [0.15, 0.2) is 24.3 Å². The first kappa shape index (κ1) is 17.3. The number of carbonyl (C=O) groups is 1. The van der Waals surface area contributed by atoms with E-state index in [4.69, 9.17) is 21.1 Å². The van der Waals surface area contributed by atoms with Gasteiger partial charge in [-0.25, -0.2) is 0 Å². The first-order chi connectivity index (χ1) is 10.7. The molecule has 2 rings (SSSR count). The highest BCUT2D eigenvalue weighted by molar-refractivity contribution is 6.27. The minimum atomic E-state index is -0.0584. The molecule has 0 radical (unpaired) electrons. The number of hydrogen-bond acceptors (Lipinski definition) is 3. The Labute approximate surface area is 137 Å². The average molecular weight is 326 g/mol. The zero-order valence-corrected chi connectivity index (χ0v) is 14.0. The largest absolute Gasteiger partial charge is 0.380 e. The lowest BCUT2D eigenvalue weighted by Gasteiger charge is -2.33. The molecule has 4 nitrogen and oxygen atoms in total. The van der Waals surface area contributed by atoms with Crippen LogP contribution < -0.4 is 0 Å². The Morgan fingerprint density at radius 2 is 2.18 bits per heavy atom. The predicted molar refractivity (Wildman–Crippen MR) is 86.9 cm³/mol. The molecule has 22 heavy (non-hydrogen) atoms. The van der Waals surface area contributed by atoms with Crippen LogP contribution in [-0.2, 0) is 27.4 Å². The molecular formula is C17H24ClNO3. The SMILES string of the molecule is COCc1ccccc1CN(C(=O)CCl)C(C)C1CCCO1. The number of carbonyl (C=O) groups excluding carboxylic acids is 1. The fraction of sp³-hybridized carbons (Fsp3) is 0.588. The lowest BCUT2D eigenvalue weighted by atomic mass is 10.0. The van der Waals surface area contributed by atoms with Crippen LogP contribution in [0.2, 0.25) is 0 Å². The second kappa shape index (κ2) is 8.51. The van der Waals surface area contributed by atoms with Crippen molar-refractivity contribution in [2.75, 3.05) is 19.6 Å². The number of rotatable bonds is 7. The molecule has 0 aromatic heterocycles. The van der Waals surface area contributed by atoms with E-state index < -0.39 is 0 Å². The monoisotopic (exact) mass is 325 g/mol. The maximum atomic E-state index is 12.3. The number of benzene rings is 1. The lowest BCUT2D eigenvalue weighted by molar-refractivity contribution is -0.134. The molecule has 2 unspecified atom stereocenters. The molecule has 0 aliphatic carbocycles. The van der Waals surface area contributed by atoms with E-state index in [9.17, 15) is 4.79 Å². The molecule has 1 aliphatic heterocycles. The first-order valence-corrected chi connectivity index (χ1v) is 8.23. The Bertz CT molecular complexity index is 489. The van der Waals surface area contributed by atoms with Gasteiger partial charge in [-0.1, -0.05) is 24.3 Å². The molecule has 5 heteroatoms. The highest BCUT2D eigenvalue weighted by Crippen LogP contribution is 2.22. The van der Waals surface area contributed by atoms with E-state index in [2.05, 4.69) is 0 Å². The summed E-state index contributed by atoms with van der Waals surface area (Å²) in [6.07, 6.45) is 2.15. The molecular weight excluding hydrogens is 302 g/mol. The fourth-order valence-electron chi connectivity index (χ4n) is 2.91. The van der Waals surface area contributed by atoms with Gasteiger partial charge < -0.3 is 14.4 Å². The number of ether oxygens (including phenoxy) is 2. The molecule has 1 aromatic rings. The summed E-state index contributed by atoms with van der Waals surface area (Å²) >= 11 is 5.81. The minimum absolute atomic E-state index is 0.0104. The molecule has 2 atom stereocenters. The zero-order chi connectivity index (χ0) is 15.9. The van der Waals surface area contributed by atoms with Gasteiger partial charge in [0.05, 0.1) is 18.8 Å². The predicted octanol–water partition coefficient (Wildman–Crippen LogP) is 2.97. The van der Waals surface area contributed by atoms with E-state index in [0.29, 0.717) is 13.2 Å². The third-order valence-electron chi connectivity index (χ3n) is 4.19. The maximum Gasteiger partial charge on any atom is 0.238 e. The van der Waals surface area contributed by atoms with Crippen LogP contribution in [0.1, 0.15) is 30.9 Å². The van der Waals surface area contributed by atoms with Gasteiger partial charge in [-0.2, -0.15) is 0 Å². The standard InChI is InChI=1S/C17H24ClNO3/c1-13(16-8-5-9-22-16)19(17(20)10-18)11-14-6-3-4-7-15(14)12-21-2/h3-4,6-7,13,16H,5,8-12H2,1-2H3. The second-order valence-corrected chi connectivity index (χ2v) is 5.92. The average Bonchev–Trinajstić information content (AvgIpc) is 3.07. The second-order valence-electron chi connectivity index (χ2n) is 5.65. The Kier molecular flexibility index (Phi) is 6.68. The Balaban J connectivity index is 2.17. The van der Waals surface area contributed by atoms with Gasteiger partial charge in [0.15, 0.2) is 0 Å². The molecule has 0 spiro atoms. The number of nitrogens with zero attached hydrogens (tertiary/aromatic N) is 1. The van der Waals surface area contributed by atoms with E-state index in [1.807, 2.05) is 36.1 Å². The van der Waals surface area contributed by atoms with Crippen molar-refractivity contribution in [1.29, 1.82) is 0 Å². The molecule has 1 heterocycles. The van der Waals surface area contributed by atoms with Gasteiger partial charge in [-0.15, -0.1) is 11.6 Å². The molecule has 0 bridgehead atoms. The first-order valence-electron chi connectivity index (χ1n) is 7.70. The van der Waals surface area contributed by atoms with Gasteiger partial charge in [-0.05, 0) is 30.9 Å². The molecule has 1 fully saturated rings. The van der Waals surface area contributed by atoms with E-state index in [-0.39, 0.29) is 23.9 Å². The molecule has 1 aromatic carbocycles. The van der Waals surface area contributed by atoms with E-state index >= 15 is 0 Å². The zero-order valence-electron chi connectivity index (χ0n) is 13.3. The summed E-state index contributed by atoms with van der Waals surface area (Å²) in [5.74, 6) is -0.0689. The molecule has 0 saturated carbocycles. The van der Waals surface area contributed by atoms with Gasteiger partial charge >= 0.3 is 0 Å². The lowest BCUT2D eigenvalue weighted by Crippen LogP contribution is -2.45. The van der Waals surface area contributed by atoms with Crippen LogP contribution in [-0.4, -0.2) is 42.5 Å². The maximum absolute atomic E-state index is 12.3. The summed E-state index contributed by atoms with van der Waals surface area (Å²) in [7, 11) is 1.67. The van der Waals surface area contributed by atoms with Crippen LogP contribution in [0.4, 0.5) is 0 Å². The molecule has 1 amide bonds. The summed E-state index contributed by atoms with van der Waals surface area (Å²) in [5.41, 5.74) is 2.18. The third kappa shape index (κ3) is 4.22. The summed E-state index contributed by atoms with van der Waals surface area (Å²) in [5, 5.41) is 0. The van der Waals surface area contributed by atoms with Crippen molar-refractivity contribution in [3.63, 3.8) is 0 Å². The molecule has 1 aliphatic rings. The quantitative estimate of drug-likeness (QED) is 0.723. The van der Waals surface area contributed by atoms with E-state index in [1.54, 1.807) is 7.11 Å². The fourth-order valence-corrected chi connectivity index (χ4v) is 3.06. The Morgan fingerprint density at radius 3 is 2.77 bits per heavy atom. The van der Waals surface area contributed by atoms with Crippen molar-refractivity contribution in [2.24, 2.45) is 0 Å². The topological polar surface area (TPSA) is 38.8 Å². The normalized spacial score (nSPS) is 19.1. The highest BCUT2D eigenvalue weighted by Gasteiger charge is 2.30. The van der Waals surface area contributed by atoms with Crippen LogP contribution >= 0.6 is 11.6 Å². The Morgan fingerprint density at radius 1 is 1.45 bits per heavy atom. The van der Waals surface area contributed by atoms with Crippen LogP contribution in [0.3, 0.4) is 0 Å². The van der Waals surface area contributed by atoms with Crippen LogP contribution in [0.25, 0.3) is 0 Å². The highest BCUT2D eigenvalue weighted by atomic mass is 35.5. The minimum Gasteiger partial charge on any atom is -0.380 e. The number of hydrogen-bond donors (Lipinski definition) is 0. The van der Waals surface area contributed by atoms with Crippen molar-refractivity contribution in [3.05, 3.63) is 35.4 Å². The van der Waals surface area contributed by atoms with Gasteiger partial charge in [0.1, 0.15) is 5.88 Å².